The minimum Gasteiger partial charge on any atom is -0.459 e. The quantitative estimate of drug-likeness (QED) is 0.459. The number of anilines is 1. The molecule has 0 aliphatic carbocycles. The number of nitro benzene ring substituents is 1. The molecule has 0 fully saturated rings. The van der Waals surface area contributed by atoms with Crippen LogP contribution in [0.2, 0.25) is 0 Å². The Labute approximate surface area is 159 Å². The predicted molar refractivity (Wildman–Crippen MR) is 99.8 cm³/mol. The number of hydrogen-bond acceptors (Lipinski definition) is 7. The highest BCUT2D eigenvalue weighted by Crippen LogP contribution is 2.33. The average Bonchev–Trinajstić information content (AvgIpc) is 2.90. The number of carbonyl (C=O) groups is 2. The number of rotatable bonds is 6. The van der Waals surface area contributed by atoms with E-state index >= 15 is 0 Å². The van der Waals surface area contributed by atoms with Crippen LogP contribution in [0.4, 0.5) is 10.7 Å². The van der Waals surface area contributed by atoms with Crippen molar-refractivity contribution in [3.63, 3.8) is 0 Å². The third kappa shape index (κ3) is 4.89. The molecule has 1 amide bonds. The average molecular weight is 387 g/mol. The van der Waals surface area contributed by atoms with Gasteiger partial charge < -0.3 is 10.1 Å². The normalized spacial score (nSPS) is 10.3. The summed E-state index contributed by atoms with van der Waals surface area (Å²) in [5, 5.41) is 22.9. The number of ether oxygens (including phenoxy) is 1. The van der Waals surface area contributed by atoms with Gasteiger partial charge >= 0.3 is 5.97 Å². The van der Waals surface area contributed by atoms with E-state index in [1.54, 1.807) is 20.8 Å². The Kier molecular flexibility index (Phi) is 6.26. The van der Waals surface area contributed by atoms with Gasteiger partial charge in [-0.1, -0.05) is 12.1 Å². The van der Waals surface area contributed by atoms with E-state index in [1.807, 2.05) is 6.07 Å². The van der Waals surface area contributed by atoms with Gasteiger partial charge in [-0.05, 0) is 31.9 Å². The molecular weight excluding hydrogens is 370 g/mol. The van der Waals surface area contributed by atoms with Crippen molar-refractivity contribution in [2.45, 2.75) is 33.3 Å². The number of carbonyl (C=O) groups excluding carboxylic acids is 2. The second-order valence-electron chi connectivity index (χ2n) is 5.97. The lowest BCUT2D eigenvalue weighted by atomic mass is 10.1. The van der Waals surface area contributed by atoms with E-state index < -0.39 is 16.8 Å². The van der Waals surface area contributed by atoms with Crippen molar-refractivity contribution < 1.29 is 19.2 Å². The molecule has 8 nitrogen and oxygen atoms in total. The van der Waals surface area contributed by atoms with Gasteiger partial charge in [0.1, 0.15) is 15.9 Å². The lowest BCUT2D eigenvalue weighted by Crippen LogP contribution is -2.14. The van der Waals surface area contributed by atoms with Crippen LogP contribution in [0.5, 0.6) is 0 Å². The van der Waals surface area contributed by atoms with Crippen molar-refractivity contribution in [3.8, 4) is 6.07 Å². The summed E-state index contributed by atoms with van der Waals surface area (Å²) < 4.78 is 5.16. The first-order chi connectivity index (χ1) is 12.7. The van der Waals surface area contributed by atoms with Crippen molar-refractivity contribution in [3.05, 3.63) is 55.9 Å². The third-order valence-electron chi connectivity index (χ3n) is 3.55. The minimum absolute atomic E-state index is 0.0222. The third-order valence-corrected chi connectivity index (χ3v) is 4.74. The van der Waals surface area contributed by atoms with Crippen molar-refractivity contribution in [2.75, 3.05) is 5.32 Å². The fourth-order valence-corrected chi connectivity index (χ4v) is 3.35. The fourth-order valence-electron chi connectivity index (χ4n) is 2.29. The number of nitriles is 1. The molecule has 140 valence electrons. The van der Waals surface area contributed by atoms with Crippen LogP contribution in [-0.4, -0.2) is 22.9 Å². The van der Waals surface area contributed by atoms with Crippen LogP contribution in [0.15, 0.2) is 24.3 Å². The zero-order valence-corrected chi connectivity index (χ0v) is 15.8. The monoisotopic (exact) mass is 387 g/mol. The zero-order valence-electron chi connectivity index (χ0n) is 14.9. The van der Waals surface area contributed by atoms with E-state index in [-0.39, 0.29) is 33.7 Å². The molecule has 1 N–H and O–H groups in total. The summed E-state index contributed by atoms with van der Waals surface area (Å²) in [6.45, 7) is 5.07. The van der Waals surface area contributed by atoms with Gasteiger partial charge in [-0.2, -0.15) is 5.26 Å². The van der Waals surface area contributed by atoms with E-state index in [0.29, 0.717) is 11.1 Å². The van der Waals surface area contributed by atoms with Gasteiger partial charge in [-0.3, -0.25) is 14.9 Å². The number of non-ortho nitro benzene ring substituents is 1. The van der Waals surface area contributed by atoms with Gasteiger partial charge in [-0.15, -0.1) is 11.3 Å². The first-order valence-electron chi connectivity index (χ1n) is 8.00. The van der Waals surface area contributed by atoms with E-state index in [0.717, 1.165) is 11.3 Å². The summed E-state index contributed by atoms with van der Waals surface area (Å²) in [5.74, 6) is -0.940. The van der Waals surface area contributed by atoms with E-state index in [9.17, 15) is 25.0 Å². The summed E-state index contributed by atoms with van der Waals surface area (Å²) in [6, 6.07) is 7.62. The molecule has 9 heteroatoms. The van der Waals surface area contributed by atoms with Crippen molar-refractivity contribution in [1.82, 2.24) is 0 Å². The van der Waals surface area contributed by atoms with Crippen LogP contribution in [-0.2, 0) is 16.0 Å². The maximum atomic E-state index is 12.3. The molecule has 1 aromatic heterocycles. The number of nitro groups is 1. The van der Waals surface area contributed by atoms with Gasteiger partial charge in [-0.25, -0.2) is 4.79 Å². The van der Waals surface area contributed by atoms with Gasteiger partial charge in [0.25, 0.3) is 5.69 Å². The van der Waals surface area contributed by atoms with Gasteiger partial charge in [0.05, 0.1) is 23.0 Å². The van der Waals surface area contributed by atoms with Crippen LogP contribution in [0.25, 0.3) is 0 Å². The molecule has 1 heterocycles. The fraction of sp³-hybridized carbons (Fsp3) is 0.278. The van der Waals surface area contributed by atoms with Crippen LogP contribution in [0.3, 0.4) is 0 Å². The summed E-state index contributed by atoms with van der Waals surface area (Å²) >= 11 is 0.988. The van der Waals surface area contributed by atoms with E-state index in [4.69, 9.17) is 4.74 Å². The van der Waals surface area contributed by atoms with E-state index in [1.165, 1.54) is 24.3 Å². The largest absolute Gasteiger partial charge is 0.459 e. The number of hydrogen-bond donors (Lipinski definition) is 1. The first kappa shape index (κ1) is 20.1. The van der Waals surface area contributed by atoms with Gasteiger partial charge in [0, 0.05) is 12.1 Å². The maximum absolute atomic E-state index is 12.3. The lowest BCUT2D eigenvalue weighted by Gasteiger charge is -2.06. The molecule has 0 aliphatic rings. The summed E-state index contributed by atoms with van der Waals surface area (Å²) in [5.41, 5.74) is 1.20. The standard InChI is InChI=1S/C18H17N3O5S/c1-10(2)26-18(23)16-11(3)14(9-19)17(27-16)20-15(22)8-12-4-6-13(7-5-12)21(24)25/h4-7,10H,8H2,1-3H3,(H,20,22). The Morgan fingerprint density at radius 3 is 2.48 bits per heavy atom. The Bertz CT molecular complexity index is 926. The molecule has 2 aromatic rings. The Morgan fingerprint density at radius 2 is 1.96 bits per heavy atom. The molecule has 0 atom stereocenters. The number of benzene rings is 1. The van der Waals surface area contributed by atoms with Gasteiger partial charge in [0.2, 0.25) is 5.91 Å². The lowest BCUT2D eigenvalue weighted by molar-refractivity contribution is -0.384. The highest BCUT2D eigenvalue weighted by Gasteiger charge is 2.23. The molecule has 0 aliphatic heterocycles. The van der Waals surface area contributed by atoms with Crippen molar-refractivity contribution >= 4 is 33.9 Å². The van der Waals surface area contributed by atoms with Crippen LogP contribution < -0.4 is 5.32 Å². The van der Waals surface area contributed by atoms with Crippen molar-refractivity contribution in [1.29, 1.82) is 5.26 Å². The molecule has 0 spiro atoms. The van der Waals surface area contributed by atoms with Crippen LogP contribution in [0, 0.1) is 28.4 Å². The highest BCUT2D eigenvalue weighted by atomic mass is 32.1. The van der Waals surface area contributed by atoms with Crippen LogP contribution in [0.1, 0.15) is 40.2 Å². The van der Waals surface area contributed by atoms with Crippen molar-refractivity contribution in [2.24, 2.45) is 0 Å². The Morgan fingerprint density at radius 1 is 1.33 bits per heavy atom. The minimum atomic E-state index is -0.542. The Hall–Kier alpha value is -3.25. The first-order valence-corrected chi connectivity index (χ1v) is 8.82. The Balaban J connectivity index is 2.16. The van der Waals surface area contributed by atoms with E-state index in [2.05, 4.69) is 5.32 Å². The summed E-state index contributed by atoms with van der Waals surface area (Å²) in [7, 11) is 0. The molecule has 0 unspecified atom stereocenters. The number of nitrogens with one attached hydrogen (secondary N) is 1. The topological polar surface area (TPSA) is 122 Å². The SMILES string of the molecule is Cc1c(C(=O)OC(C)C)sc(NC(=O)Cc2ccc([N+](=O)[O-])cc2)c1C#N. The molecule has 27 heavy (non-hydrogen) atoms. The molecular formula is C18H17N3O5S. The smallest absolute Gasteiger partial charge is 0.348 e. The molecule has 0 saturated carbocycles. The number of thiophene rings is 1. The molecule has 0 saturated heterocycles. The summed E-state index contributed by atoms with van der Waals surface area (Å²) in [6.07, 6.45) is -0.323. The molecule has 0 radical (unpaired) electrons. The molecule has 2 rings (SSSR count). The predicted octanol–water partition coefficient (Wildman–Crippen LogP) is 3.58. The summed E-state index contributed by atoms with van der Waals surface area (Å²) in [4.78, 5) is 34.8. The second kappa shape index (κ2) is 8.42. The molecule has 0 bridgehead atoms. The second-order valence-corrected chi connectivity index (χ2v) is 7.00. The number of nitrogens with zero attached hydrogens (tertiary/aromatic N) is 2. The number of esters is 1. The highest BCUT2D eigenvalue weighted by molar-refractivity contribution is 7.18. The maximum Gasteiger partial charge on any atom is 0.348 e. The van der Waals surface area contributed by atoms with Crippen LogP contribution >= 0.6 is 11.3 Å². The number of amides is 1. The zero-order chi connectivity index (χ0) is 20.1. The van der Waals surface area contributed by atoms with Gasteiger partial charge in [0.15, 0.2) is 0 Å². The molecule has 1 aromatic carbocycles.